The lowest BCUT2D eigenvalue weighted by Crippen LogP contribution is -2.16. The molecule has 1 N–H and O–H groups in total. The first kappa shape index (κ1) is 22.9. The monoisotopic (exact) mass is 397 g/mol. The predicted molar refractivity (Wildman–Crippen MR) is 118 cm³/mol. The summed E-state index contributed by atoms with van der Waals surface area (Å²) in [5.74, 6) is -0.125. The van der Waals surface area contributed by atoms with Gasteiger partial charge in [0.2, 0.25) is 5.91 Å². The summed E-state index contributed by atoms with van der Waals surface area (Å²) in [6, 6.07) is 7.05. The van der Waals surface area contributed by atoms with Crippen LogP contribution in [0.5, 0.6) is 0 Å². The van der Waals surface area contributed by atoms with Gasteiger partial charge in [-0.25, -0.2) is 4.68 Å². The number of rotatable bonds is 11. The first-order valence-electron chi connectivity index (χ1n) is 11.0. The summed E-state index contributed by atoms with van der Waals surface area (Å²) in [4.78, 5) is 24.8. The third-order valence-electron chi connectivity index (χ3n) is 5.34. The number of benzene rings is 1. The Morgan fingerprint density at radius 3 is 2.24 bits per heavy atom. The Hall–Kier alpha value is -2.43. The van der Waals surface area contributed by atoms with Crippen LogP contribution in [0.1, 0.15) is 92.5 Å². The molecule has 0 saturated carbocycles. The van der Waals surface area contributed by atoms with Gasteiger partial charge in [-0.3, -0.25) is 9.59 Å². The van der Waals surface area contributed by atoms with Crippen molar-refractivity contribution in [1.82, 2.24) is 9.78 Å². The van der Waals surface area contributed by atoms with Crippen LogP contribution < -0.4 is 5.32 Å². The van der Waals surface area contributed by atoms with Gasteiger partial charge in [0.15, 0.2) is 0 Å². The minimum atomic E-state index is -0.133. The third-order valence-corrected chi connectivity index (χ3v) is 5.34. The van der Waals surface area contributed by atoms with Crippen molar-refractivity contribution in [3.63, 3.8) is 0 Å². The quantitative estimate of drug-likeness (QED) is 0.485. The van der Waals surface area contributed by atoms with E-state index < -0.39 is 0 Å². The highest BCUT2D eigenvalue weighted by molar-refractivity contribution is 5.97. The largest absolute Gasteiger partial charge is 0.326 e. The zero-order valence-electron chi connectivity index (χ0n) is 18.4. The van der Waals surface area contributed by atoms with Crippen LogP contribution in [-0.2, 0) is 11.2 Å². The zero-order chi connectivity index (χ0) is 21.2. The Balaban J connectivity index is 2.02. The normalized spacial score (nSPS) is 10.9. The lowest BCUT2D eigenvalue weighted by Gasteiger charge is -2.07. The molecule has 0 radical (unpaired) electrons. The average Bonchev–Trinajstić information content (AvgIpc) is 3.00. The molecular formula is C24H35N3O2. The van der Waals surface area contributed by atoms with Crippen molar-refractivity contribution in [2.24, 2.45) is 0 Å². The zero-order valence-corrected chi connectivity index (χ0v) is 18.4. The Kier molecular flexibility index (Phi) is 9.10. The molecule has 1 aromatic carbocycles. The smallest absolute Gasteiger partial charge is 0.278 e. The molecule has 2 rings (SSSR count). The molecule has 0 aliphatic heterocycles. The molecule has 0 atom stereocenters. The molecule has 0 unspecified atom stereocenters. The second-order valence-electron chi connectivity index (χ2n) is 7.76. The number of anilines is 1. The summed E-state index contributed by atoms with van der Waals surface area (Å²) < 4.78 is 1.52. The molecule has 0 saturated heterocycles. The van der Waals surface area contributed by atoms with Crippen molar-refractivity contribution >= 4 is 17.5 Å². The van der Waals surface area contributed by atoms with E-state index in [1.54, 1.807) is 24.3 Å². The number of unbranched alkanes of at least 4 members (excludes halogenated alkanes) is 5. The summed E-state index contributed by atoms with van der Waals surface area (Å²) >= 11 is 0. The number of hydrogen-bond donors (Lipinski definition) is 1. The SMILES string of the molecule is CCCCCCCc1c(C)nn(C(=O)c2ccc(NC(=O)CCCC)cc2)c1C. The van der Waals surface area contributed by atoms with Crippen molar-refractivity contribution in [1.29, 1.82) is 0 Å². The molecule has 0 spiro atoms. The Labute approximate surface area is 174 Å². The number of carbonyl (C=O) groups is 2. The van der Waals surface area contributed by atoms with Crippen molar-refractivity contribution in [3.8, 4) is 0 Å². The maximum atomic E-state index is 12.9. The maximum absolute atomic E-state index is 12.9. The summed E-state index contributed by atoms with van der Waals surface area (Å²) in [5, 5.41) is 7.38. The summed E-state index contributed by atoms with van der Waals surface area (Å²) in [6.07, 6.45) is 9.50. The molecule has 1 aromatic heterocycles. The van der Waals surface area contributed by atoms with Gasteiger partial charge in [-0.2, -0.15) is 5.10 Å². The van der Waals surface area contributed by atoms with Crippen LogP contribution in [-0.4, -0.2) is 21.6 Å². The highest BCUT2D eigenvalue weighted by Gasteiger charge is 2.17. The predicted octanol–water partition coefficient (Wildman–Crippen LogP) is 5.83. The molecule has 29 heavy (non-hydrogen) atoms. The summed E-state index contributed by atoms with van der Waals surface area (Å²) in [5.41, 5.74) is 4.33. The van der Waals surface area contributed by atoms with Crippen LogP contribution in [0.2, 0.25) is 0 Å². The number of aryl methyl sites for hydroxylation is 1. The van der Waals surface area contributed by atoms with Gasteiger partial charge in [-0.15, -0.1) is 0 Å². The van der Waals surface area contributed by atoms with E-state index in [9.17, 15) is 9.59 Å². The topological polar surface area (TPSA) is 64.0 Å². The van der Waals surface area contributed by atoms with Crippen molar-refractivity contribution in [3.05, 3.63) is 46.8 Å². The fraction of sp³-hybridized carbons (Fsp3) is 0.542. The second kappa shape index (κ2) is 11.5. The Morgan fingerprint density at radius 1 is 0.931 bits per heavy atom. The van der Waals surface area contributed by atoms with E-state index in [0.717, 1.165) is 37.1 Å². The minimum Gasteiger partial charge on any atom is -0.326 e. The van der Waals surface area contributed by atoms with Crippen LogP contribution in [0.15, 0.2) is 24.3 Å². The molecule has 5 nitrogen and oxygen atoms in total. The third kappa shape index (κ3) is 6.55. The molecule has 5 heteroatoms. The molecule has 2 aromatic rings. The number of carbonyl (C=O) groups excluding carboxylic acids is 2. The second-order valence-corrected chi connectivity index (χ2v) is 7.76. The highest BCUT2D eigenvalue weighted by atomic mass is 16.2. The number of nitrogens with zero attached hydrogens (tertiary/aromatic N) is 2. The minimum absolute atomic E-state index is 0.00745. The average molecular weight is 398 g/mol. The first-order chi connectivity index (χ1) is 14.0. The van der Waals surface area contributed by atoms with Gasteiger partial charge in [0.05, 0.1) is 5.69 Å². The van der Waals surface area contributed by atoms with Crippen LogP contribution in [0.3, 0.4) is 0 Å². The van der Waals surface area contributed by atoms with Crippen LogP contribution in [0, 0.1) is 13.8 Å². The van der Waals surface area contributed by atoms with Crippen molar-refractivity contribution in [2.45, 2.75) is 85.5 Å². The van der Waals surface area contributed by atoms with Crippen LogP contribution >= 0.6 is 0 Å². The highest BCUT2D eigenvalue weighted by Crippen LogP contribution is 2.19. The molecule has 1 amide bonds. The number of hydrogen-bond acceptors (Lipinski definition) is 3. The number of aromatic nitrogens is 2. The molecule has 1 heterocycles. The summed E-state index contributed by atoms with van der Waals surface area (Å²) in [7, 11) is 0. The van der Waals surface area contributed by atoms with E-state index in [1.807, 2.05) is 13.8 Å². The van der Waals surface area contributed by atoms with E-state index in [4.69, 9.17) is 0 Å². The van der Waals surface area contributed by atoms with Gasteiger partial charge >= 0.3 is 0 Å². The van der Waals surface area contributed by atoms with E-state index in [-0.39, 0.29) is 11.8 Å². The number of nitrogens with one attached hydrogen (secondary N) is 1. The number of amides is 1. The standard InChI is InChI=1S/C24H35N3O2/c1-5-7-9-10-11-12-22-18(3)26-27(19(22)4)24(29)20-14-16-21(17-15-20)25-23(28)13-8-6-2/h14-17H,5-13H2,1-4H3,(H,25,28). The van der Waals surface area contributed by atoms with Gasteiger partial charge in [0, 0.05) is 23.4 Å². The van der Waals surface area contributed by atoms with Gasteiger partial charge in [-0.05, 0) is 62.9 Å². The fourth-order valence-electron chi connectivity index (χ4n) is 3.52. The lowest BCUT2D eigenvalue weighted by atomic mass is 10.0. The molecular weight excluding hydrogens is 362 g/mol. The van der Waals surface area contributed by atoms with E-state index in [2.05, 4.69) is 24.3 Å². The molecule has 0 aliphatic carbocycles. The van der Waals surface area contributed by atoms with Gasteiger partial charge in [-0.1, -0.05) is 46.0 Å². The Bertz CT molecular complexity index is 806. The lowest BCUT2D eigenvalue weighted by molar-refractivity contribution is -0.116. The maximum Gasteiger partial charge on any atom is 0.278 e. The van der Waals surface area contributed by atoms with Crippen molar-refractivity contribution in [2.75, 3.05) is 5.32 Å². The molecule has 0 bridgehead atoms. The molecule has 0 fully saturated rings. The van der Waals surface area contributed by atoms with Gasteiger partial charge in [0.1, 0.15) is 0 Å². The van der Waals surface area contributed by atoms with E-state index in [1.165, 1.54) is 35.9 Å². The Morgan fingerprint density at radius 2 is 1.59 bits per heavy atom. The van der Waals surface area contributed by atoms with Crippen molar-refractivity contribution < 1.29 is 9.59 Å². The fourth-order valence-corrected chi connectivity index (χ4v) is 3.52. The van der Waals surface area contributed by atoms with Gasteiger partial charge < -0.3 is 5.32 Å². The van der Waals surface area contributed by atoms with E-state index >= 15 is 0 Å². The van der Waals surface area contributed by atoms with E-state index in [0.29, 0.717) is 17.7 Å². The molecule has 158 valence electrons. The first-order valence-corrected chi connectivity index (χ1v) is 11.0. The van der Waals surface area contributed by atoms with Gasteiger partial charge in [0.25, 0.3) is 5.91 Å². The van der Waals surface area contributed by atoms with Crippen LogP contribution in [0.25, 0.3) is 0 Å². The van der Waals surface area contributed by atoms with Crippen LogP contribution in [0.4, 0.5) is 5.69 Å². The summed E-state index contributed by atoms with van der Waals surface area (Å²) in [6.45, 7) is 8.23. The molecule has 0 aliphatic rings.